The second-order valence-electron chi connectivity index (χ2n) is 3.99. The monoisotopic (exact) mass is 256 g/mol. The van der Waals surface area contributed by atoms with Crippen molar-refractivity contribution >= 4 is 0 Å². The van der Waals surface area contributed by atoms with Crippen LogP contribution in [0.15, 0.2) is 42.5 Å². The molecule has 0 aliphatic heterocycles. The van der Waals surface area contributed by atoms with Crippen LogP contribution in [0.4, 0.5) is 0 Å². The van der Waals surface area contributed by atoms with Gasteiger partial charge in [-0.1, -0.05) is 83.1 Å². The van der Waals surface area contributed by atoms with Crippen LogP contribution in [0.5, 0.6) is 0 Å². The van der Waals surface area contributed by atoms with E-state index in [1.54, 1.807) is 0 Å². The summed E-state index contributed by atoms with van der Waals surface area (Å²) in [6.07, 6.45) is 1.10. The summed E-state index contributed by atoms with van der Waals surface area (Å²) in [5.74, 6) is 0. The van der Waals surface area contributed by atoms with Crippen LogP contribution in [0.25, 0.3) is 11.1 Å². The average Bonchev–Trinajstić information content (AvgIpc) is 2.80. The molecule has 3 rings (SSSR count). The summed E-state index contributed by atoms with van der Waals surface area (Å²) in [5, 5.41) is 0. The van der Waals surface area contributed by atoms with E-state index in [-0.39, 0.29) is 7.43 Å². The van der Waals surface area contributed by atoms with Gasteiger partial charge in [-0.15, -0.1) is 0 Å². The van der Waals surface area contributed by atoms with Crippen molar-refractivity contribution in [2.45, 2.75) is 48.5 Å². The van der Waals surface area contributed by atoms with E-state index in [0.717, 1.165) is 6.42 Å². The summed E-state index contributed by atoms with van der Waals surface area (Å²) < 4.78 is 0. The molecule has 19 heavy (non-hydrogen) atoms. The Balaban J connectivity index is 0.000000597. The predicted octanol–water partition coefficient (Wildman–Crippen LogP) is 6.25. The minimum Gasteiger partial charge on any atom is -0.0776 e. The van der Waals surface area contributed by atoms with Crippen molar-refractivity contribution in [3.63, 3.8) is 0 Å². The normalized spacial score (nSPS) is 9.74. The smallest absolute Gasteiger partial charge is 0.00134 e. The van der Waals surface area contributed by atoms with Gasteiger partial charge in [-0.25, -0.2) is 0 Å². The summed E-state index contributed by atoms with van der Waals surface area (Å²) in [6, 6.07) is 15.4. The molecule has 0 saturated carbocycles. The Kier molecular flexibility index (Phi) is 7.83. The molecular weight excluding hydrogens is 228 g/mol. The third-order valence-corrected chi connectivity index (χ3v) is 2.95. The molecule has 0 bridgehead atoms. The summed E-state index contributed by atoms with van der Waals surface area (Å²) in [4.78, 5) is 0. The van der Waals surface area contributed by atoms with E-state index in [0.29, 0.717) is 0 Å². The molecule has 104 valence electrons. The second kappa shape index (κ2) is 8.53. The second-order valence-corrected chi connectivity index (χ2v) is 3.99. The van der Waals surface area contributed by atoms with Gasteiger partial charge in [0.1, 0.15) is 0 Å². The van der Waals surface area contributed by atoms with E-state index in [2.05, 4.69) is 49.4 Å². The van der Waals surface area contributed by atoms with Gasteiger partial charge in [-0.2, -0.15) is 0 Å². The fourth-order valence-electron chi connectivity index (χ4n) is 2.27. The van der Waals surface area contributed by atoms with Crippen molar-refractivity contribution in [1.82, 2.24) is 0 Å². The van der Waals surface area contributed by atoms with Crippen LogP contribution >= 0.6 is 0 Å². The van der Waals surface area contributed by atoms with E-state index in [1.807, 2.05) is 27.7 Å². The van der Waals surface area contributed by atoms with Crippen LogP contribution in [0, 0.1) is 6.92 Å². The van der Waals surface area contributed by atoms with Crippen molar-refractivity contribution in [2.24, 2.45) is 0 Å². The third kappa shape index (κ3) is 3.70. The molecule has 0 N–H and O–H groups in total. The standard InChI is InChI=1S/C14H12.2C2H6.CH4/c1-10-6-7-14-12(8-10)9-11-4-2-3-5-13(11)14;2*1-2;/h2-8H,9H2,1H3;2*1-2H3;1H4. The molecule has 0 nitrogen and oxygen atoms in total. The van der Waals surface area contributed by atoms with Crippen LogP contribution in [-0.4, -0.2) is 0 Å². The summed E-state index contributed by atoms with van der Waals surface area (Å²) in [6.45, 7) is 10.2. The minimum atomic E-state index is 0. The van der Waals surface area contributed by atoms with Gasteiger partial charge in [0.15, 0.2) is 0 Å². The van der Waals surface area contributed by atoms with Crippen LogP contribution < -0.4 is 0 Å². The lowest BCUT2D eigenvalue weighted by Gasteiger charge is -2.00. The maximum absolute atomic E-state index is 2.30. The molecule has 0 unspecified atom stereocenters. The Morgan fingerprint density at radius 1 is 0.737 bits per heavy atom. The highest BCUT2D eigenvalue weighted by Crippen LogP contribution is 2.36. The van der Waals surface area contributed by atoms with Crippen molar-refractivity contribution in [2.75, 3.05) is 0 Å². The molecular formula is C19H28. The van der Waals surface area contributed by atoms with Crippen LogP contribution in [0.1, 0.15) is 51.8 Å². The van der Waals surface area contributed by atoms with Gasteiger partial charge in [0.25, 0.3) is 0 Å². The fourth-order valence-corrected chi connectivity index (χ4v) is 2.27. The zero-order valence-electron chi connectivity index (χ0n) is 12.2. The molecule has 0 atom stereocenters. The Bertz CT molecular complexity index is 495. The maximum Gasteiger partial charge on any atom is -0.00134 e. The van der Waals surface area contributed by atoms with Gasteiger partial charge >= 0.3 is 0 Å². The van der Waals surface area contributed by atoms with Crippen molar-refractivity contribution < 1.29 is 0 Å². The first-order valence-electron chi connectivity index (χ1n) is 7.02. The largest absolute Gasteiger partial charge is 0.0776 e. The zero-order valence-corrected chi connectivity index (χ0v) is 12.2. The van der Waals surface area contributed by atoms with Crippen molar-refractivity contribution in [1.29, 1.82) is 0 Å². The molecule has 2 aromatic carbocycles. The predicted molar refractivity (Wildman–Crippen MR) is 88.8 cm³/mol. The number of fused-ring (bicyclic) bond motifs is 3. The minimum absolute atomic E-state index is 0. The summed E-state index contributed by atoms with van der Waals surface area (Å²) in [7, 11) is 0. The molecule has 0 spiro atoms. The third-order valence-electron chi connectivity index (χ3n) is 2.95. The highest BCUT2D eigenvalue weighted by atomic mass is 14.2. The Morgan fingerprint density at radius 3 is 2.00 bits per heavy atom. The van der Waals surface area contributed by atoms with Gasteiger partial charge in [0, 0.05) is 0 Å². The molecule has 0 heterocycles. The van der Waals surface area contributed by atoms with Crippen molar-refractivity contribution in [3.8, 4) is 11.1 Å². The Labute approximate surface area is 119 Å². The van der Waals surface area contributed by atoms with E-state index in [4.69, 9.17) is 0 Å². The van der Waals surface area contributed by atoms with E-state index >= 15 is 0 Å². The lowest BCUT2D eigenvalue weighted by atomic mass is 10.0. The topological polar surface area (TPSA) is 0 Å². The van der Waals surface area contributed by atoms with Gasteiger partial charge < -0.3 is 0 Å². The molecule has 0 aromatic heterocycles. The quantitative estimate of drug-likeness (QED) is 0.445. The van der Waals surface area contributed by atoms with Crippen LogP contribution in [0.2, 0.25) is 0 Å². The number of hydrogen-bond acceptors (Lipinski definition) is 0. The van der Waals surface area contributed by atoms with Gasteiger partial charge in [-0.3, -0.25) is 0 Å². The van der Waals surface area contributed by atoms with Gasteiger partial charge in [-0.05, 0) is 35.6 Å². The molecule has 0 radical (unpaired) electrons. The highest BCUT2D eigenvalue weighted by Gasteiger charge is 2.16. The lowest BCUT2D eigenvalue weighted by molar-refractivity contribution is 1.25. The molecule has 1 aliphatic carbocycles. The fraction of sp³-hybridized carbons (Fsp3) is 0.368. The Hall–Kier alpha value is -1.56. The number of rotatable bonds is 0. The SMILES string of the molecule is C.CC.CC.Cc1ccc2c(c1)Cc1ccccc1-2. The van der Waals surface area contributed by atoms with Crippen LogP contribution in [-0.2, 0) is 6.42 Å². The molecule has 2 aromatic rings. The van der Waals surface area contributed by atoms with E-state index < -0.39 is 0 Å². The van der Waals surface area contributed by atoms with Crippen LogP contribution in [0.3, 0.4) is 0 Å². The summed E-state index contributed by atoms with van der Waals surface area (Å²) in [5.41, 5.74) is 7.14. The molecule has 0 heteroatoms. The first kappa shape index (κ1) is 17.4. The molecule has 0 fully saturated rings. The van der Waals surface area contributed by atoms with E-state index in [1.165, 1.54) is 27.8 Å². The maximum atomic E-state index is 2.30. The zero-order chi connectivity index (χ0) is 13.5. The van der Waals surface area contributed by atoms with E-state index in [9.17, 15) is 0 Å². The Morgan fingerprint density at radius 2 is 1.32 bits per heavy atom. The average molecular weight is 256 g/mol. The molecule has 0 amide bonds. The number of aryl methyl sites for hydroxylation is 1. The molecule has 1 aliphatic rings. The van der Waals surface area contributed by atoms with Gasteiger partial charge in [0.05, 0.1) is 0 Å². The van der Waals surface area contributed by atoms with Crippen molar-refractivity contribution in [3.05, 3.63) is 59.2 Å². The number of benzene rings is 2. The highest BCUT2D eigenvalue weighted by molar-refractivity contribution is 5.76. The van der Waals surface area contributed by atoms with Gasteiger partial charge in [0.2, 0.25) is 0 Å². The number of hydrogen-bond donors (Lipinski definition) is 0. The first-order chi connectivity index (χ1) is 8.84. The lowest BCUT2D eigenvalue weighted by Crippen LogP contribution is -1.80. The molecule has 0 saturated heterocycles. The summed E-state index contributed by atoms with van der Waals surface area (Å²) >= 11 is 0. The first-order valence-corrected chi connectivity index (χ1v) is 7.02.